The normalized spacial score (nSPS) is 10.9. The van der Waals surface area contributed by atoms with E-state index in [1.54, 1.807) is 0 Å². The van der Waals surface area contributed by atoms with Crippen LogP contribution in [0.3, 0.4) is 0 Å². The average Bonchev–Trinajstić information content (AvgIpc) is 3.09. The van der Waals surface area contributed by atoms with Crippen molar-refractivity contribution < 1.29 is 0 Å². The fourth-order valence-electron chi connectivity index (χ4n) is 5.93. The molecular formula is C42H30BrClN2. The third-order valence-electron chi connectivity index (χ3n) is 8.16. The molecule has 0 atom stereocenters. The second-order valence-corrected chi connectivity index (χ2v) is 12.5. The van der Waals surface area contributed by atoms with Crippen molar-refractivity contribution in [3.05, 3.63) is 173 Å². The summed E-state index contributed by atoms with van der Waals surface area (Å²) in [6.07, 6.45) is 0. The van der Waals surface area contributed by atoms with E-state index in [1.165, 1.54) is 0 Å². The Morgan fingerprint density at radius 2 is 0.891 bits per heavy atom. The summed E-state index contributed by atoms with van der Waals surface area (Å²) < 4.78 is 0.916. The van der Waals surface area contributed by atoms with Crippen LogP contribution < -0.4 is 11.1 Å². The van der Waals surface area contributed by atoms with Crippen molar-refractivity contribution in [3.63, 3.8) is 0 Å². The van der Waals surface area contributed by atoms with Gasteiger partial charge in [0.1, 0.15) is 0 Å². The Labute approximate surface area is 283 Å². The van der Waals surface area contributed by atoms with Crippen LogP contribution in [0.2, 0.25) is 5.02 Å². The van der Waals surface area contributed by atoms with E-state index in [9.17, 15) is 0 Å². The highest BCUT2D eigenvalue weighted by atomic mass is 79.9. The summed E-state index contributed by atoms with van der Waals surface area (Å²) in [6, 6.07) is 56.6. The van der Waals surface area contributed by atoms with Crippen molar-refractivity contribution >= 4 is 44.6 Å². The Balaban J connectivity index is 1.34. The maximum atomic E-state index is 6.84. The van der Waals surface area contributed by atoms with Gasteiger partial charge in [0.2, 0.25) is 0 Å². The second kappa shape index (κ2) is 13.1. The molecule has 3 N–H and O–H groups in total. The number of anilines is 3. The number of nitrogens with one attached hydrogen (secondary N) is 1. The minimum atomic E-state index is 0.660. The first kappa shape index (κ1) is 29.6. The molecule has 0 amide bonds. The summed E-state index contributed by atoms with van der Waals surface area (Å²) in [7, 11) is 0. The van der Waals surface area contributed by atoms with Crippen LogP contribution in [0.5, 0.6) is 0 Å². The molecule has 7 aromatic rings. The molecule has 0 radical (unpaired) electrons. The van der Waals surface area contributed by atoms with Gasteiger partial charge in [0, 0.05) is 43.1 Å². The Kier molecular flexibility index (Phi) is 8.43. The van der Waals surface area contributed by atoms with E-state index >= 15 is 0 Å². The average molecular weight is 678 g/mol. The first-order valence-electron chi connectivity index (χ1n) is 15.1. The third-order valence-corrected chi connectivity index (χ3v) is 8.84. The maximum Gasteiger partial charge on any atom is 0.0543 e. The lowest BCUT2D eigenvalue weighted by Crippen LogP contribution is -1.97. The number of benzene rings is 7. The Hall–Kier alpha value is -5.09. The van der Waals surface area contributed by atoms with Crippen LogP contribution in [-0.4, -0.2) is 0 Å². The van der Waals surface area contributed by atoms with Gasteiger partial charge in [0.15, 0.2) is 0 Å². The number of para-hydroxylation sites is 1. The van der Waals surface area contributed by atoms with E-state index in [2.05, 4.69) is 149 Å². The highest BCUT2D eigenvalue weighted by Gasteiger charge is 2.16. The van der Waals surface area contributed by atoms with Gasteiger partial charge in [0.25, 0.3) is 0 Å². The molecule has 222 valence electrons. The SMILES string of the molecule is Nc1c(-c2ccccc2)cc(-c2ccc(-c3cccc(-c4ccccc4)c3Nc3cc(Cl)cc(Br)c3)cc2)cc1-c1ccccc1. The lowest BCUT2D eigenvalue weighted by atomic mass is 9.90. The molecule has 0 saturated heterocycles. The molecule has 0 aromatic heterocycles. The summed E-state index contributed by atoms with van der Waals surface area (Å²) in [5, 5.41) is 4.36. The lowest BCUT2D eigenvalue weighted by Gasteiger charge is -2.19. The van der Waals surface area contributed by atoms with Crippen LogP contribution in [0.4, 0.5) is 17.1 Å². The first-order valence-corrected chi connectivity index (χ1v) is 16.3. The minimum Gasteiger partial charge on any atom is -0.398 e. The van der Waals surface area contributed by atoms with Gasteiger partial charge < -0.3 is 11.1 Å². The second-order valence-electron chi connectivity index (χ2n) is 11.2. The Morgan fingerprint density at radius 1 is 0.435 bits per heavy atom. The predicted octanol–water partition coefficient (Wildman–Crippen LogP) is 12.8. The van der Waals surface area contributed by atoms with Gasteiger partial charge in [-0.05, 0) is 63.7 Å². The van der Waals surface area contributed by atoms with Crippen molar-refractivity contribution in [2.45, 2.75) is 0 Å². The first-order chi connectivity index (χ1) is 22.5. The van der Waals surface area contributed by atoms with Gasteiger partial charge in [-0.2, -0.15) is 0 Å². The molecule has 0 bridgehead atoms. The van der Waals surface area contributed by atoms with E-state index in [4.69, 9.17) is 17.3 Å². The number of nitrogens with two attached hydrogens (primary N) is 1. The zero-order valence-corrected chi connectivity index (χ0v) is 27.3. The number of hydrogen-bond acceptors (Lipinski definition) is 2. The third kappa shape index (κ3) is 6.21. The zero-order chi connectivity index (χ0) is 31.5. The molecule has 46 heavy (non-hydrogen) atoms. The molecule has 2 nitrogen and oxygen atoms in total. The summed E-state index contributed by atoms with van der Waals surface area (Å²) in [5.41, 5.74) is 20.4. The number of rotatable bonds is 7. The molecule has 4 heteroatoms. The van der Waals surface area contributed by atoms with Gasteiger partial charge in [0.05, 0.1) is 5.69 Å². The highest BCUT2D eigenvalue weighted by Crippen LogP contribution is 2.42. The van der Waals surface area contributed by atoms with Crippen LogP contribution in [-0.2, 0) is 0 Å². The molecule has 0 unspecified atom stereocenters. The van der Waals surface area contributed by atoms with E-state index in [0.29, 0.717) is 5.02 Å². The quantitative estimate of drug-likeness (QED) is 0.165. The number of nitrogen functional groups attached to an aromatic ring is 1. The summed E-state index contributed by atoms with van der Waals surface area (Å²) in [5.74, 6) is 0. The van der Waals surface area contributed by atoms with Gasteiger partial charge >= 0.3 is 0 Å². The van der Waals surface area contributed by atoms with Crippen LogP contribution in [0.1, 0.15) is 0 Å². The van der Waals surface area contributed by atoms with E-state index in [1.807, 2.05) is 36.4 Å². The molecule has 0 aliphatic rings. The molecule has 7 aromatic carbocycles. The molecule has 0 heterocycles. The van der Waals surface area contributed by atoms with Crippen molar-refractivity contribution in [2.75, 3.05) is 11.1 Å². The van der Waals surface area contributed by atoms with Crippen molar-refractivity contribution in [3.8, 4) is 55.6 Å². The Bertz CT molecular complexity index is 2050. The van der Waals surface area contributed by atoms with E-state index < -0.39 is 0 Å². The smallest absolute Gasteiger partial charge is 0.0543 e. The van der Waals surface area contributed by atoms with Crippen LogP contribution in [0.25, 0.3) is 55.6 Å². The largest absolute Gasteiger partial charge is 0.398 e. The zero-order valence-electron chi connectivity index (χ0n) is 24.9. The summed E-state index contributed by atoms with van der Waals surface area (Å²) in [6.45, 7) is 0. The lowest BCUT2D eigenvalue weighted by molar-refractivity contribution is 1.50. The molecule has 0 fully saturated rings. The molecule has 0 saturated carbocycles. The van der Waals surface area contributed by atoms with Crippen molar-refractivity contribution in [2.24, 2.45) is 0 Å². The molecule has 0 aliphatic heterocycles. The maximum absolute atomic E-state index is 6.84. The summed E-state index contributed by atoms with van der Waals surface area (Å²) in [4.78, 5) is 0. The van der Waals surface area contributed by atoms with E-state index in [0.717, 1.165) is 77.2 Å². The van der Waals surface area contributed by atoms with Gasteiger partial charge in [-0.25, -0.2) is 0 Å². The van der Waals surface area contributed by atoms with Crippen LogP contribution in [0, 0.1) is 0 Å². The van der Waals surface area contributed by atoms with Gasteiger partial charge in [-0.1, -0.05) is 161 Å². The highest BCUT2D eigenvalue weighted by molar-refractivity contribution is 9.10. The van der Waals surface area contributed by atoms with E-state index in [-0.39, 0.29) is 0 Å². The van der Waals surface area contributed by atoms with Crippen molar-refractivity contribution in [1.82, 2.24) is 0 Å². The molecule has 0 aliphatic carbocycles. The molecule has 7 rings (SSSR count). The number of halogens is 2. The Morgan fingerprint density at radius 3 is 1.39 bits per heavy atom. The monoisotopic (exact) mass is 676 g/mol. The standard InChI is InChI=1S/C42H30BrClN2/c43-34-25-35(44)27-36(26-34)46-42-37(29-11-4-1-5-12-29)17-10-18-38(42)32-21-19-28(20-22-32)33-23-39(30-13-6-2-7-14-30)41(45)40(24-33)31-15-8-3-9-16-31/h1-27,46H,45H2. The predicted molar refractivity (Wildman–Crippen MR) is 200 cm³/mol. The van der Waals surface area contributed by atoms with Crippen LogP contribution >= 0.6 is 27.5 Å². The minimum absolute atomic E-state index is 0.660. The number of hydrogen-bond donors (Lipinski definition) is 2. The fourth-order valence-corrected chi connectivity index (χ4v) is 6.79. The fraction of sp³-hybridized carbons (Fsp3) is 0. The van der Waals surface area contributed by atoms with Crippen LogP contribution in [0.15, 0.2) is 168 Å². The molecular weight excluding hydrogens is 648 g/mol. The van der Waals surface area contributed by atoms with Gasteiger partial charge in [-0.15, -0.1) is 0 Å². The van der Waals surface area contributed by atoms with Gasteiger partial charge in [-0.3, -0.25) is 0 Å². The van der Waals surface area contributed by atoms with Crippen molar-refractivity contribution in [1.29, 1.82) is 0 Å². The summed E-state index contributed by atoms with van der Waals surface area (Å²) >= 11 is 10.0. The topological polar surface area (TPSA) is 38.0 Å². The molecule has 0 spiro atoms.